The van der Waals surface area contributed by atoms with Gasteiger partial charge < -0.3 is 14.6 Å². The average molecular weight is 465 g/mol. The van der Waals surface area contributed by atoms with Crippen molar-refractivity contribution >= 4 is 5.91 Å². The van der Waals surface area contributed by atoms with E-state index in [4.69, 9.17) is 14.5 Å². The largest absolute Gasteiger partial charge is 0.497 e. The average Bonchev–Trinajstić information content (AvgIpc) is 3.42. The summed E-state index contributed by atoms with van der Waals surface area (Å²) in [7, 11) is 1.63. The zero-order chi connectivity index (χ0) is 24.3. The van der Waals surface area contributed by atoms with Gasteiger partial charge in [-0.15, -0.1) is 0 Å². The molecule has 0 atom stereocenters. The van der Waals surface area contributed by atoms with Crippen molar-refractivity contribution in [2.24, 2.45) is 0 Å². The van der Waals surface area contributed by atoms with E-state index in [1.165, 1.54) is 0 Å². The Morgan fingerprint density at radius 3 is 2.71 bits per heavy atom. The van der Waals surface area contributed by atoms with Crippen molar-refractivity contribution in [3.05, 3.63) is 47.1 Å². The highest BCUT2D eigenvalue weighted by Gasteiger charge is 2.13. The van der Waals surface area contributed by atoms with Crippen molar-refractivity contribution in [2.45, 2.75) is 65.3 Å². The monoisotopic (exact) mass is 464 g/mol. The first-order chi connectivity index (χ1) is 16.5. The highest BCUT2D eigenvalue weighted by Crippen LogP contribution is 2.20. The molecule has 1 amide bonds. The Morgan fingerprint density at radius 1 is 1.18 bits per heavy atom. The van der Waals surface area contributed by atoms with E-state index in [-0.39, 0.29) is 5.91 Å². The lowest BCUT2D eigenvalue weighted by molar-refractivity contribution is -0.121. The van der Waals surface area contributed by atoms with Crippen LogP contribution < -0.4 is 10.1 Å². The third-order valence-corrected chi connectivity index (χ3v) is 5.77. The number of amides is 1. The topological polar surface area (TPSA) is 119 Å². The van der Waals surface area contributed by atoms with Crippen molar-refractivity contribution in [3.8, 4) is 23.2 Å². The number of methoxy groups -OCH3 is 1. The Kier molecular flexibility index (Phi) is 9.21. The van der Waals surface area contributed by atoms with Crippen LogP contribution in [-0.2, 0) is 24.2 Å². The molecule has 9 heteroatoms. The summed E-state index contributed by atoms with van der Waals surface area (Å²) in [5, 5.41) is 20.3. The Bertz CT molecular complexity index is 1110. The Morgan fingerprint density at radius 2 is 1.97 bits per heavy atom. The number of aryl methyl sites for hydroxylation is 3. The molecule has 9 nitrogen and oxygen atoms in total. The first-order valence-corrected chi connectivity index (χ1v) is 11.7. The maximum Gasteiger partial charge on any atom is 0.226 e. The van der Waals surface area contributed by atoms with E-state index in [1.807, 2.05) is 42.8 Å². The van der Waals surface area contributed by atoms with Gasteiger partial charge in [0.05, 0.1) is 31.8 Å². The van der Waals surface area contributed by atoms with Gasteiger partial charge in [-0.1, -0.05) is 11.6 Å². The second-order valence-electron chi connectivity index (χ2n) is 8.18. The van der Waals surface area contributed by atoms with Gasteiger partial charge in [-0.2, -0.15) is 15.3 Å². The first-order valence-electron chi connectivity index (χ1n) is 11.7. The summed E-state index contributed by atoms with van der Waals surface area (Å²) in [6, 6.07) is 9.68. The number of carbonyl (C=O) groups is 1. The number of nitrogens with zero attached hydrogens (tertiary/aromatic N) is 5. The Labute approximate surface area is 200 Å². The van der Waals surface area contributed by atoms with Crippen LogP contribution in [0.25, 0.3) is 11.4 Å². The quantitative estimate of drug-likeness (QED) is 0.381. The van der Waals surface area contributed by atoms with E-state index in [9.17, 15) is 4.79 Å². The number of ether oxygens (including phenoxy) is 1. The molecule has 0 unspecified atom stereocenters. The summed E-state index contributed by atoms with van der Waals surface area (Å²) < 4.78 is 12.4. The smallest absolute Gasteiger partial charge is 0.226 e. The zero-order valence-corrected chi connectivity index (χ0v) is 20.1. The summed E-state index contributed by atoms with van der Waals surface area (Å²) in [5.41, 5.74) is 3.95. The summed E-state index contributed by atoms with van der Waals surface area (Å²) in [6.07, 6.45) is 5.01. The molecule has 0 fully saturated rings. The number of hydrogen-bond donors (Lipinski definition) is 1. The Hall–Kier alpha value is -3.67. The third kappa shape index (κ3) is 6.91. The predicted molar refractivity (Wildman–Crippen MR) is 127 cm³/mol. The van der Waals surface area contributed by atoms with Crippen LogP contribution in [-0.4, -0.2) is 39.5 Å². The molecule has 0 aliphatic carbocycles. The van der Waals surface area contributed by atoms with Crippen LogP contribution in [0.1, 0.15) is 54.9 Å². The van der Waals surface area contributed by atoms with Gasteiger partial charge in [0.25, 0.3) is 0 Å². The zero-order valence-electron chi connectivity index (χ0n) is 20.1. The maximum absolute atomic E-state index is 12.2. The molecular weight excluding hydrogens is 432 g/mol. The molecule has 0 saturated carbocycles. The van der Waals surface area contributed by atoms with Gasteiger partial charge in [-0.05, 0) is 62.9 Å². The predicted octanol–water partition coefficient (Wildman–Crippen LogP) is 3.93. The summed E-state index contributed by atoms with van der Waals surface area (Å²) in [6.45, 7) is 5.18. The fraction of sp³-hybridized carbons (Fsp3) is 0.480. The molecule has 2 heterocycles. The number of nitriles is 1. The van der Waals surface area contributed by atoms with Gasteiger partial charge in [-0.3, -0.25) is 9.48 Å². The molecule has 34 heavy (non-hydrogen) atoms. The number of hydrogen-bond acceptors (Lipinski definition) is 7. The summed E-state index contributed by atoms with van der Waals surface area (Å²) >= 11 is 0. The van der Waals surface area contributed by atoms with E-state index in [0.717, 1.165) is 47.5 Å². The fourth-order valence-electron chi connectivity index (χ4n) is 3.82. The van der Waals surface area contributed by atoms with Crippen molar-refractivity contribution in [3.63, 3.8) is 0 Å². The minimum Gasteiger partial charge on any atom is -0.497 e. The highest BCUT2D eigenvalue weighted by atomic mass is 16.5. The van der Waals surface area contributed by atoms with Crippen LogP contribution in [0.3, 0.4) is 0 Å². The lowest BCUT2D eigenvalue weighted by Crippen LogP contribution is -2.24. The van der Waals surface area contributed by atoms with Gasteiger partial charge in [0.1, 0.15) is 5.75 Å². The molecule has 0 radical (unpaired) electrons. The van der Waals surface area contributed by atoms with Gasteiger partial charge in [-0.25, -0.2) is 0 Å². The van der Waals surface area contributed by atoms with Crippen LogP contribution in [0.2, 0.25) is 0 Å². The van der Waals surface area contributed by atoms with Crippen LogP contribution >= 0.6 is 0 Å². The van der Waals surface area contributed by atoms with Crippen LogP contribution in [0, 0.1) is 25.2 Å². The molecule has 180 valence electrons. The van der Waals surface area contributed by atoms with E-state index in [0.29, 0.717) is 50.5 Å². The third-order valence-electron chi connectivity index (χ3n) is 5.77. The number of carbonyl (C=O) groups excluding carboxylic acids is 1. The fourth-order valence-corrected chi connectivity index (χ4v) is 3.82. The van der Waals surface area contributed by atoms with Gasteiger partial charge in [0.15, 0.2) is 0 Å². The summed E-state index contributed by atoms with van der Waals surface area (Å²) in [5.74, 6) is 2.03. The highest BCUT2D eigenvalue weighted by molar-refractivity contribution is 5.76. The van der Waals surface area contributed by atoms with Crippen molar-refractivity contribution < 1.29 is 14.1 Å². The minimum absolute atomic E-state index is 0.0459. The van der Waals surface area contributed by atoms with Crippen molar-refractivity contribution in [2.75, 3.05) is 13.7 Å². The van der Waals surface area contributed by atoms with E-state index < -0.39 is 0 Å². The molecule has 1 aromatic carbocycles. The van der Waals surface area contributed by atoms with Crippen LogP contribution in [0.4, 0.5) is 0 Å². The van der Waals surface area contributed by atoms with E-state index >= 15 is 0 Å². The number of rotatable bonds is 13. The lowest BCUT2D eigenvalue weighted by atomic mass is 10.1. The Balaban J connectivity index is 1.31. The molecule has 3 rings (SSSR count). The van der Waals surface area contributed by atoms with Gasteiger partial charge in [0.2, 0.25) is 17.6 Å². The van der Waals surface area contributed by atoms with E-state index in [1.54, 1.807) is 7.11 Å². The summed E-state index contributed by atoms with van der Waals surface area (Å²) in [4.78, 5) is 16.7. The van der Waals surface area contributed by atoms with Crippen LogP contribution in [0.5, 0.6) is 5.75 Å². The normalized spacial score (nSPS) is 10.8. The second-order valence-corrected chi connectivity index (χ2v) is 8.18. The minimum atomic E-state index is 0.0459. The molecule has 0 aliphatic heterocycles. The second kappa shape index (κ2) is 12.5. The molecule has 0 bridgehead atoms. The molecule has 2 aromatic heterocycles. The molecule has 3 aromatic rings. The SMILES string of the molecule is COc1ccc(-c2noc(CCCCCNC(=O)CCc3c(C)nn(CCC#N)c3C)n2)cc1. The van der Waals surface area contributed by atoms with Gasteiger partial charge in [0, 0.05) is 30.6 Å². The van der Waals surface area contributed by atoms with E-state index in [2.05, 4.69) is 26.6 Å². The number of unbranched alkanes of at least 4 members (excludes halogenated alkanes) is 2. The van der Waals surface area contributed by atoms with Crippen LogP contribution in [0.15, 0.2) is 28.8 Å². The van der Waals surface area contributed by atoms with Gasteiger partial charge >= 0.3 is 0 Å². The number of benzene rings is 1. The maximum atomic E-state index is 12.2. The van der Waals surface area contributed by atoms with Crippen molar-refractivity contribution in [1.82, 2.24) is 25.2 Å². The molecule has 0 aliphatic rings. The lowest BCUT2D eigenvalue weighted by Gasteiger charge is -2.06. The molecule has 1 N–H and O–H groups in total. The number of aromatic nitrogens is 4. The first kappa shape index (κ1) is 25.0. The number of nitrogens with one attached hydrogen (secondary N) is 1. The standard InChI is InChI=1S/C25H32N6O3/c1-18-22(19(2)31(29-18)17-7-15-26)13-14-23(32)27-16-6-4-5-8-24-28-25(30-34-24)20-9-11-21(33-3)12-10-20/h9-12H,4-8,13-14,16-17H2,1-3H3,(H,27,32). The molecule has 0 saturated heterocycles. The van der Waals surface area contributed by atoms with Crippen molar-refractivity contribution in [1.29, 1.82) is 5.26 Å². The molecule has 0 spiro atoms. The molecular formula is C25H32N6O3.